The molecule has 0 aliphatic heterocycles. The first-order valence-electron chi connectivity index (χ1n) is 7.00. The minimum atomic E-state index is -0.258. The van der Waals surface area contributed by atoms with Crippen LogP contribution in [-0.2, 0) is 0 Å². The molecule has 3 rings (SSSR count). The Morgan fingerprint density at radius 3 is 2.60 bits per heavy atom. The number of aromatic nitrogens is 1. The Hall–Kier alpha value is -1.84. The maximum atomic E-state index is 13.1. The van der Waals surface area contributed by atoms with Crippen molar-refractivity contribution in [2.75, 3.05) is 5.73 Å². The average Bonchev–Trinajstić information content (AvgIpc) is 2.93. The second kappa shape index (κ2) is 4.62. The van der Waals surface area contributed by atoms with E-state index in [0.717, 1.165) is 23.2 Å². The van der Waals surface area contributed by atoms with Crippen molar-refractivity contribution in [3.63, 3.8) is 0 Å². The third-order valence-corrected chi connectivity index (χ3v) is 4.47. The van der Waals surface area contributed by atoms with Gasteiger partial charge in [-0.05, 0) is 36.0 Å². The summed E-state index contributed by atoms with van der Waals surface area (Å²) in [7, 11) is 0. The SMILES string of the molecule is CC1(C)CCCC1c1noc(N)c1-c1ccc(F)cc1. The molecule has 1 aliphatic rings. The molecule has 0 amide bonds. The highest BCUT2D eigenvalue weighted by molar-refractivity contribution is 5.75. The van der Waals surface area contributed by atoms with Crippen LogP contribution in [-0.4, -0.2) is 5.16 Å². The van der Waals surface area contributed by atoms with Crippen LogP contribution < -0.4 is 5.73 Å². The summed E-state index contributed by atoms with van der Waals surface area (Å²) in [6, 6.07) is 6.32. The Morgan fingerprint density at radius 1 is 1.30 bits per heavy atom. The first kappa shape index (κ1) is 13.2. The second-order valence-corrected chi connectivity index (χ2v) is 6.25. The van der Waals surface area contributed by atoms with E-state index in [1.54, 1.807) is 12.1 Å². The molecule has 3 nitrogen and oxygen atoms in total. The molecule has 1 aromatic heterocycles. The van der Waals surface area contributed by atoms with Crippen molar-refractivity contribution in [3.05, 3.63) is 35.8 Å². The zero-order valence-electron chi connectivity index (χ0n) is 11.8. The summed E-state index contributed by atoms with van der Waals surface area (Å²) in [6.07, 6.45) is 3.45. The summed E-state index contributed by atoms with van der Waals surface area (Å²) < 4.78 is 18.3. The lowest BCUT2D eigenvalue weighted by Gasteiger charge is -2.25. The van der Waals surface area contributed by atoms with Crippen molar-refractivity contribution in [2.24, 2.45) is 5.41 Å². The van der Waals surface area contributed by atoms with Gasteiger partial charge in [0.15, 0.2) is 0 Å². The number of halogens is 1. The molecule has 2 N–H and O–H groups in total. The third kappa shape index (κ3) is 2.09. The number of nitrogen functional groups attached to an aromatic ring is 1. The number of benzene rings is 1. The van der Waals surface area contributed by atoms with E-state index in [-0.39, 0.29) is 11.2 Å². The predicted molar refractivity (Wildman–Crippen MR) is 76.7 cm³/mol. The van der Waals surface area contributed by atoms with Crippen LogP contribution in [0.25, 0.3) is 11.1 Å². The van der Waals surface area contributed by atoms with Crippen molar-refractivity contribution in [2.45, 2.75) is 39.0 Å². The van der Waals surface area contributed by atoms with E-state index in [1.807, 2.05) is 0 Å². The van der Waals surface area contributed by atoms with Gasteiger partial charge < -0.3 is 10.3 Å². The van der Waals surface area contributed by atoms with Crippen LogP contribution in [0.5, 0.6) is 0 Å². The topological polar surface area (TPSA) is 52.0 Å². The first-order chi connectivity index (χ1) is 9.49. The number of anilines is 1. The van der Waals surface area contributed by atoms with Crippen LogP contribution in [0, 0.1) is 11.2 Å². The molecule has 2 aromatic rings. The molecule has 1 heterocycles. The van der Waals surface area contributed by atoms with Gasteiger partial charge in [-0.15, -0.1) is 0 Å². The highest BCUT2D eigenvalue weighted by Crippen LogP contribution is 2.51. The van der Waals surface area contributed by atoms with Gasteiger partial charge in [-0.1, -0.05) is 37.6 Å². The summed E-state index contributed by atoms with van der Waals surface area (Å²) in [6.45, 7) is 4.51. The van der Waals surface area contributed by atoms with E-state index in [0.29, 0.717) is 11.8 Å². The summed E-state index contributed by atoms with van der Waals surface area (Å²) in [4.78, 5) is 0. The van der Waals surface area contributed by atoms with Crippen molar-refractivity contribution in [1.82, 2.24) is 5.16 Å². The van der Waals surface area contributed by atoms with Gasteiger partial charge in [-0.3, -0.25) is 0 Å². The molecule has 1 unspecified atom stereocenters. The lowest BCUT2D eigenvalue weighted by atomic mass is 9.78. The number of nitrogens with zero attached hydrogens (tertiary/aromatic N) is 1. The molecule has 106 valence electrons. The van der Waals surface area contributed by atoms with Crippen LogP contribution in [0.4, 0.5) is 10.3 Å². The molecule has 1 saturated carbocycles. The van der Waals surface area contributed by atoms with Gasteiger partial charge in [0.05, 0.1) is 11.3 Å². The average molecular weight is 274 g/mol. The van der Waals surface area contributed by atoms with E-state index in [2.05, 4.69) is 19.0 Å². The highest BCUT2D eigenvalue weighted by atomic mass is 19.1. The molecule has 1 atom stereocenters. The highest BCUT2D eigenvalue weighted by Gasteiger charge is 2.39. The predicted octanol–water partition coefficient (Wildman–Crippen LogP) is 4.36. The first-order valence-corrected chi connectivity index (χ1v) is 7.00. The van der Waals surface area contributed by atoms with Gasteiger partial charge in [-0.25, -0.2) is 4.39 Å². The monoisotopic (exact) mass is 274 g/mol. The third-order valence-electron chi connectivity index (χ3n) is 4.47. The fourth-order valence-electron chi connectivity index (χ4n) is 3.29. The van der Waals surface area contributed by atoms with E-state index in [1.165, 1.54) is 25.0 Å². The van der Waals surface area contributed by atoms with Gasteiger partial charge in [0.1, 0.15) is 5.82 Å². The Labute approximate surface area is 118 Å². The molecule has 1 aliphatic carbocycles. The Kier molecular flexibility index (Phi) is 3.04. The minimum absolute atomic E-state index is 0.193. The van der Waals surface area contributed by atoms with E-state index in [4.69, 9.17) is 10.3 Å². The van der Waals surface area contributed by atoms with Gasteiger partial charge >= 0.3 is 0 Å². The molecule has 0 radical (unpaired) electrons. The van der Waals surface area contributed by atoms with Gasteiger partial charge in [0, 0.05) is 5.92 Å². The van der Waals surface area contributed by atoms with Crippen molar-refractivity contribution in [3.8, 4) is 11.1 Å². The minimum Gasteiger partial charge on any atom is -0.367 e. The lowest BCUT2D eigenvalue weighted by molar-refractivity contribution is 0.314. The maximum absolute atomic E-state index is 13.1. The van der Waals surface area contributed by atoms with E-state index < -0.39 is 0 Å². The fourth-order valence-corrected chi connectivity index (χ4v) is 3.29. The normalized spacial score (nSPS) is 21.2. The summed E-state index contributed by atoms with van der Waals surface area (Å²) in [5.74, 6) is 0.393. The van der Waals surface area contributed by atoms with Gasteiger partial charge in [0.2, 0.25) is 5.88 Å². The molecule has 20 heavy (non-hydrogen) atoms. The molecule has 0 spiro atoms. The Balaban J connectivity index is 2.08. The van der Waals surface area contributed by atoms with Crippen molar-refractivity contribution >= 4 is 5.88 Å². The standard InChI is InChI=1S/C16H19FN2O/c1-16(2)9-3-4-12(16)14-13(15(18)20-19-14)10-5-7-11(17)8-6-10/h5-8,12H,3-4,9,18H2,1-2H3. The molecule has 1 aromatic carbocycles. The number of hydrogen-bond donors (Lipinski definition) is 1. The van der Waals surface area contributed by atoms with E-state index in [9.17, 15) is 4.39 Å². The molecular formula is C16H19FN2O. The molecule has 1 fully saturated rings. The zero-order valence-corrected chi connectivity index (χ0v) is 11.8. The quantitative estimate of drug-likeness (QED) is 0.885. The lowest BCUT2D eigenvalue weighted by Crippen LogP contribution is -2.16. The summed E-state index contributed by atoms with van der Waals surface area (Å²) in [5, 5.41) is 4.20. The van der Waals surface area contributed by atoms with Gasteiger partial charge in [0.25, 0.3) is 0 Å². The summed E-state index contributed by atoms with van der Waals surface area (Å²) >= 11 is 0. The molecular weight excluding hydrogens is 255 g/mol. The van der Waals surface area contributed by atoms with E-state index >= 15 is 0 Å². The van der Waals surface area contributed by atoms with Crippen LogP contribution in [0.15, 0.2) is 28.8 Å². The Bertz CT molecular complexity index is 616. The molecule has 4 heteroatoms. The van der Waals surface area contributed by atoms with Crippen molar-refractivity contribution < 1.29 is 8.91 Å². The smallest absolute Gasteiger partial charge is 0.230 e. The van der Waals surface area contributed by atoms with Gasteiger partial charge in [-0.2, -0.15) is 0 Å². The number of rotatable bonds is 2. The van der Waals surface area contributed by atoms with Crippen LogP contribution in [0.3, 0.4) is 0 Å². The van der Waals surface area contributed by atoms with Crippen LogP contribution >= 0.6 is 0 Å². The largest absolute Gasteiger partial charge is 0.367 e. The second-order valence-electron chi connectivity index (χ2n) is 6.25. The summed E-state index contributed by atoms with van der Waals surface area (Å²) in [5.41, 5.74) is 8.74. The molecule has 0 saturated heterocycles. The number of nitrogens with two attached hydrogens (primary N) is 1. The fraction of sp³-hybridized carbons (Fsp3) is 0.438. The Morgan fingerprint density at radius 2 is 2.00 bits per heavy atom. The van der Waals surface area contributed by atoms with Crippen LogP contribution in [0.2, 0.25) is 0 Å². The van der Waals surface area contributed by atoms with Crippen LogP contribution in [0.1, 0.15) is 44.7 Å². The maximum Gasteiger partial charge on any atom is 0.230 e. The number of hydrogen-bond acceptors (Lipinski definition) is 3. The van der Waals surface area contributed by atoms with Crippen molar-refractivity contribution in [1.29, 1.82) is 0 Å². The molecule has 0 bridgehead atoms. The zero-order chi connectivity index (χ0) is 14.3.